The van der Waals surface area contributed by atoms with Crippen molar-refractivity contribution in [2.75, 3.05) is 19.8 Å². The van der Waals surface area contributed by atoms with E-state index in [1.807, 2.05) is 6.92 Å². The first-order chi connectivity index (χ1) is 16.4. The van der Waals surface area contributed by atoms with Crippen LogP contribution in [0.3, 0.4) is 0 Å². The minimum absolute atomic E-state index is 0.134. The Morgan fingerprint density at radius 3 is 2.09 bits per heavy atom. The highest BCUT2D eigenvalue weighted by Gasteiger charge is 2.48. The first-order valence-electron chi connectivity index (χ1n) is 12.9. The van der Waals surface area contributed by atoms with Gasteiger partial charge in [-0.3, -0.25) is 0 Å². The molecule has 0 aromatic heterocycles. The van der Waals surface area contributed by atoms with Gasteiger partial charge in [-0.05, 0) is 12.8 Å². The monoisotopic (exact) mass is 494 g/mol. The molecule has 0 aromatic rings. The molecule has 2 fully saturated rings. The molecule has 0 aliphatic carbocycles. The lowest BCUT2D eigenvalue weighted by Gasteiger charge is -2.44. The molecule has 0 spiro atoms. The minimum Gasteiger partial charge on any atom is -0.394 e. The van der Waals surface area contributed by atoms with E-state index < -0.39 is 62.6 Å². The van der Waals surface area contributed by atoms with Gasteiger partial charge in [0.1, 0.15) is 37.1 Å². The van der Waals surface area contributed by atoms with Crippen LogP contribution in [0.1, 0.15) is 78.1 Å². The van der Waals surface area contributed by atoms with E-state index in [2.05, 4.69) is 6.92 Å². The predicted octanol–water partition coefficient (Wildman–Crippen LogP) is 1.19. The van der Waals surface area contributed by atoms with E-state index in [1.54, 1.807) is 0 Å². The van der Waals surface area contributed by atoms with Gasteiger partial charge >= 0.3 is 0 Å². The standard InChI is InChI=1S/C24H46O10/c1-3-5-6-7-8-9-10-11-12-16(4-2)31-24-21(28)20(27)22(17(13-25)33-24)34-19-15-30-23(29)18(14-26)32-19/h16-29H,3-15H2,1-2H3. The van der Waals surface area contributed by atoms with E-state index in [-0.39, 0.29) is 12.7 Å². The Kier molecular flexibility index (Phi) is 14.4. The van der Waals surface area contributed by atoms with Crippen LogP contribution in [-0.2, 0) is 23.7 Å². The topological polar surface area (TPSA) is 147 Å². The number of hydrogen-bond donors (Lipinski definition) is 5. The SMILES string of the molecule is CCCCCCCCCCC(CC)OC1OC(CO)C(OC2COC(O)C(CO)O2)C(O)C1O. The summed E-state index contributed by atoms with van der Waals surface area (Å²) in [4.78, 5) is 0. The summed E-state index contributed by atoms with van der Waals surface area (Å²) in [6.07, 6.45) is 1.89. The highest BCUT2D eigenvalue weighted by molar-refractivity contribution is 4.91. The molecule has 0 amide bonds. The summed E-state index contributed by atoms with van der Waals surface area (Å²) in [5, 5.41) is 50.0. The smallest absolute Gasteiger partial charge is 0.186 e. The molecular formula is C24H46O10. The quantitative estimate of drug-likeness (QED) is 0.198. The molecule has 2 rings (SSSR count). The molecule has 5 N–H and O–H groups in total. The summed E-state index contributed by atoms with van der Waals surface area (Å²) in [7, 11) is 0. The fraction of sp³-hybridized carbons (Fsp3) is 1.00. The maximum atomic E-state index is 10.7. The number of aliphatic hydroxyl groups is 5. The molecule has 0 bridgehead atoms. The van der Waals surface area contributed by atoms with Gasteiger partial charge < -0.3 is 49.2 Å². The molecule has 9 atom stereocenters. The van der Waals surface area contributed by atoms with E-state index in [0.717, 1.165) is 25.7 Å². The second-order valence-corrected chi connectivity index (χ2v) is 9.25. The Bertz CT molecular complexity index is 522. The van der Waals surface area contributed by atoms with Gasteiger partial charge in [-0.25, -0.2) is 0 Å². The van der Waals surface area contributed by atoms with Crippen molar-refractivity contribution in [1.82, 2.24) is 0 Å². The third-order valence-corrected chi connectivity index (χ3v) is 6.52. The van der Waals surface area contributed by atoms with Crippen molar-refractivity contribution < 1.29 is 49.2 Å². The van der Waals surface area contributed by atoms with Gasteiger partial charge in [-0.15, -0.1) is 0 Å². The van der Waals surface area contributed by atoms with Gasteiger partial charge in [-0.2, -0.15) is 0 Å². The Balaban J connectivity index is 1.80. The van der Waals surface area contributed by atoms with E-state index in [9.17, 15) is 25.5 Å². The van der Waals surface area contributed by atoms with E-state index in [0.29, 0.717) is 0 Å². The molecule has 2 heterocycles. The fourth-order valence-electron chi connectivity index (χ4n) is 4.36. The number of ether oxygens (including phenoxy) is 5. The molecule has 9 unspecified atom stereocenters. The third-order valence-electron chi connectivity index (χ3n) is 6.52. The van der Waals surface area contributed by atoms with E-state index in [1.165, 1.54) is 38.5 Å². The lowest BCUT2D eigenvalue weighted by Crippen LogP contribution is -2.62. The van der Waals surface area contributed by atoms with Gasteiger partial charge in [-0.1, -0.05) is 65.2 Å². The molecule has 2 saturated heterocycles. The number of rotatable bonds is 16. The van der Waals surface area contributed by atoms with Crippen molar-refractivity contribution in [2.45, 2.75) is 134 Å². The Morgan fingerprint density at radius 1 is 0.824 bits per heavy atom. The Hall–Kier alpha value is -0.400. The first-order valence-corrected chi connectivity index (χ1v) is 12.9. The summed E-state index contributed by atoms with van der Waals surface area (Å²) in [6, 6.07) is 0. The van der Waals surface area contributed by atoms with Crippen LogP contribution in [0, 0.1) is 0 Å². The highest BCUT2D eigenvalue weighted by Crippen LogP contribution is 2.28. The molecular weight excluding hydrogens is 448 g/mol. The summed E-state index contributed by atoms with van der Waals surface area (Å²) < 4.78 is 28.0. The van der Waals surface area contributed by atoms with Crippen molar-refractivity contribution in [3.05, 3.63) is 0 Å². The van der Waals surface area contributed by atoms with Crippen LogP contribution >= 0.6 is 0 Å². The van der Waals surface area contributed by atoms with Crippen molar-refractivity contribution >= 4 is 0 Å². The average Bonchev–Trinajstić information content (AvgIpc) is 2.85. The number of aliphatic hydroxyl groups excluding tert-OH is 5. The fourth-order valence-corrected chi connectivity index (χ4v) is 4.36. The highest BCUT2D eigenvalue weighted by atomic mass is 16.8. The second kappa shape index (κ2) is 16.4. The van der Waals surface area contributed by atoms with Crippen LogP contribution in [0.5, 0.6) is 0 Å². The zero-order chi connectivity index (χ0) is 24.9. The zero-order valence-corrected chi connectivity index (χ0v) is 20.7. The largest absolute Gasteiger partial charge is 0.394 e. The van der Waals surface area contributed by atoms with Gasteiger partial charge in [0.2, 0.25) is 0 Å². The van der Waals surface area contributed by atoms with Crippen LogP contribution in [0.25, 0.3) is 0 Å². The molecule has 0 aromatic carbocycles. The number of hydrogen-bond acceptors (Lipinski definition) is 10. The Labute approximate surface area is 203 Å². The van der Waals surface area contributed by atoms with Crippen molar-refractivity contribution in [3.8, 4) is 0 Å². The Morgan fingerprint density at radius 2 is 1.47 bits per heavy atom. The molecule has 2 aliphatic heterocycles. The minimum atomic E-state index is -1.40. The van der Waals surface area contributed by atoms with Gasteiger partial charge in [0.25, 0.3) is 0 Å². The summed E-state index contributed by atoms with van der Waals surface area (Å²) >= 11 is 0. The van der Waals surface area contributed by atoms with E-state index in [4.69, 9.17) is 23.7 Å². The summed E-state index contributed by atoms with van der Waals surface area (Å²) in [5.74, 6) is 0. The maximum absolute atomic E-state index is 10.7. The normalized spacial score (nSPS) is 35.4. The molecule has 2 aliphatic rings. The van der Waals surface area contributed by atoms with Gasteiger partial charge in [0.15, 0.2) is 18.9 Å². The molecule has 10 nitrogen and oxygen atoms in total. The van der Waals surface area contributed by atoms with Crippen LogP contribution in [-0.4, -0.2) is 101 Å². The molecule has 202 valence electrons. The molecule has 34 heavy (non-hydrogen) atoms. The summed E-state index contributed by atoms with van der Waals surface area (Å²) in [6.45, 7) is 3.12. The van der Waals surface area contributed by atoms with Crippen molar-refractivity contribution in [2.24, 2.45) is 0 Å². The third kappa shape index (κ3) is 9.24. The predicted molar refractivity (Wildman–Crippen MR) is 123 cm³/mol. The second-order valence-electron chi connectivity index (χ2n) is 9.25. The maximum Gasteiger partial charge on any atom is 0.186 e. The van der Waals surface area contributed by atoms with Crippen LogP contribution < -0.4 is 0 Å². The van der Waals surface area contributed by atoms with Crippen molar-refractivity contribution in [1.29, 1.82) is 0 Å². The van der Waals surface area contributed by atoms with Crippen molar-refractivity contribution in [3.63, 3.8) is 0 Å². The van der Waals surface area contributed by atoms with Gasteiger partial charge in [0.05, 0.1) is 19.3 Å². The van der Waals surface area contributed by atoms with Crippen LogP contribution in [0.2, 0.25) is 0 Å². The summed E-state index contributed by atoms with van der Waals surface area (Å²) in [5.41, 5.74) is 0. The molecule has 0 saturated carbocycles. The van der Waals surface area contributed by atoms with E-state index >= 15 is 0 Å². The van der Waals surface area contributed by atoms with Crippen LogP contribution in [0.15, 0.2) is 0 Å². The molecule has 0 radical (unpaired) electrons. The van der Waals surface area contributed by atoms with Gasteiger partial charge in [0, 0.05) is 0 Å². The number of unbranched alkanes of at least 4 members (excludes halogenated alkanes) is 7. The zero-order valence-electron chi connectivity index (χ0n) is 20.7. The lowest BCUT2D eigenvalue weighted by molar-refractivity contribution is -0.365. The first kappa shape index (κ1) is 29.8. The molecule has 10 heteroatoms. The lowest BCUT2D eigenvalue weighted by atomic mass is 9.98. The van der Waals surface area contributed by atoms with Crippen LogP contribution in [0.4, 0.5) is 0 Å². The average molecular weight is 495 g/mol.